The summed E-state index contributed by atoms with van der Waals surface area (Å²) < 4.78 is 8.79. The van der Waals surface area contributed by atoms with Gasteiger partial charge in [0.2, 0.25) is 0 Å². The molecule has 126 valence electrons. The van der Waals surface area contributed by atoms with Crippen LogP contribution in [0.15, 0.2) is 30.6 Å². The van der Waals surface area contributed by atoms with Crippen molar-refractivity contribution >= 4 is 21.8 Å². The third kappa shape index (κ3) is 2.47. The van der Waals surface area contributed by atoms with Crippen molar-refractivity contribution in [3.63, 3.8) is 0 Å². The van der Waals surface area contributed by atoms with Crippen LogP contribution >= 0.6 is 0 Å². The van der Waals surface area contributed by atoms with Gasteiger partial charge in [0.05, 0.1) is 17.4 Å². The van der Waals surface area contributed by atoms with Crippen molar-refractivity contribution < 1.29 is 4.74 Å². The van der Waals surface area contributed by atoms with Crippen LogP contribution in [0.5, 0.6) is 5.75 Å². The van der Waals surface area contributed by atoms with Crippen LogP contribution in [-0.2, 0) is 13.0 Å². The molecule has 0 aliphatic carbocycles. The number of nitrogens with zero attached hydrogens (tertiary/aromatic N) is 2. The number of rotatable bonds is 4. The molecular formula is C21H26N2O. The molecule has 4 rings (SSSR count). The first kappa shape index (κ1) is 15.5. The molecule has 0 saturated carbocycles. The number of unbranched alkanes of at least 4 members (excludes halogenated alkanes) is 2. The highest BCUT2D eigenvalue weighted by Gasteiger charge is 2.31. The molecule has 0 atom stereocenters. The molecule has 0 spiro atoms. The Bertz CT molecular complexity index is 892. The first-order valence-electron chi connectivity index (χ1n) is 9.18. The van der Waals surface area contributed by atoms with Crippen molar-refractivity contribution in [2.24, 2.45) is 0 Å². The standard InChI is InChI=1S/C21H26N2O/c1-4-5-8-13-23-14-22-18-15-9-6-7-10-16(15)20-17(19(18)23)11-12-21(2,3)24-20/h6-7,9-10,14H,4-5,8,11-13H2,1-3H3. The van der Waals surface area contributed by atoms with Gasteiger partial charge in [0, 0.05) is 22.9 Å². The number of benzene rings is 2. The molecule has 3 nitrogen and oxygen atoms in total. The van der Waals surface area contributed by atoms with E-state index in [1.54, 1.807) is 0 Å². The van der Waals surface area contributed by atoms with E-state index in [2.05, 4.69) is 49.6 Å². The summed E-state index contributed by atoms with van der Waals surface area (Å²) in [5.74, 6) is 1.08. The van der Waals surface area contributed by atoms with Gasteiger partial charge in [-0.05, 0) is 33.1 Å². The van der Waals surface area contributed by atoms with Crippen LogP contribution in [-0.4, -0.2) is 15.2 Å². The Labute approximate surface area is 143 Å². The van der Waals surface area contributed by atoms with Gasteiger partial charge in [-0.15, -0.1) is 0 Å². The van der Waals surface area contributed by atoms with Gasteiger partial charge in [-0.3, -0.25) is 0 Å². The van der Waals surface area contributed by atoms with Crippen LogP contribution < -0.4 is 4.74 Å². The number of aryl methyl sites for hydroxylation is 2. The predicted molar refractivity (Wildman–Crippen MR) is 99.8 cm³/mol. The summed E-state index contributed by atoms with van der Waals surface area (Å²) in [5, 5.41) is 2.41. The first-order chi connectivity index (χ1) is 11.6. The summed E-state index contributed by atoms with van der Waals surface area (Å²) in [7, 11) is 0. The van der Waals surface area contributed by atoms with Crippen LogP contribution in [0.3, 0.4) is 0 Å². The van der Waals surface area contributed by atoms with E-state index in [1.807, 2.05) is 6.33 Å². The maximum atomic E-state index is 6.45. The fourth-order valence-electron chi connectivity index (χ4n) is 3.86. The largest absolute Gasteiger partial charge is 0.487 e. The zero-order chi connectivity index (χ0) is 16.7. The second kappa shape index (κ2) is 5.80. The molecule has 2 heterocycles. The molecule has 1 aliphatic heterocycles. The fourth-order valence-corrected chi connectivity index (χ4v) is 3.86. The molecule has 3 aromatic rings. The lowest BCUT2D eigenvalue weighted by molar-refractivity contribution is 0.0873. The smallest absolute Gasteiger partial charge is 0.133 e. The summed E-state index contributed by atoms with van der Waals surface area (Å²) in [4.78, 5) is 4.78. The lowest BCUT2D eigenvalue weighted by atomic mass is 9.91. The van der Waals surface area contributed by atoms with Crippen molar-refractivity contribution in [1.29, 1.82) is 0 Å². The van der Waals surface area contributed by atoms with Crippen LogP contribution in [0.1, 0.15) is 52.0 Å². The molecule has 3 heteroatoms. The van der Waals surface area contributed by atoms with E-state index in [4.69, 9.17) is 9.72 Å². The Morgan fingerprint density at radius 1 is 1.17 bits per heavy atom. The normalized spacial score (nSPS) is 16.3. The molecule has 1 aromatic heterocycles. The van der Waals surface area contributed by atoms with Gasteiger partial charge in [0.15, 0.2) is 0 Å². The third-order valence-corrected chi connectivity index (χ3v) is 5.18. The van der Waals surface area contributed by atoms with Crippen LogP contribution in [0.25, 0.3) is 21.8 Å². The minimum Gasteiger partial charge on any atom is -0.487 e. The third-order valence-electron chi connectivity index (χ3n) is 5.18. The highest BCUT2D eigenvalue weighted by Crippen LogP contribution is 2.43. The van der Waals surface area contributed by atoms with E-state index in [1.165, 1.54) is 41.1 Å². The molecule has 0 radical (unpaired) electrons. The summed E-state index contributed by atoms with van der Waals surface area (Å²) in [6.07, 6.45) is 7.84. The zero-order valence-electron chi connectivity index (χ0n) is 14.9. The maximum absolute atomic E-state index is 6.45. The average Bonchev–Trinajstić information content (AvgIpc) is 2.99. The summed E-state index contributed by atoms with van der Waals surface area (Å²) in [6.45, 7) is 7.66. The highest BCUT2D eigenvalue weighted by atomic mass is 16.5. The molecule has 1 aliphatic rings. The number of hydrogen-bond acceptors (Lipinski definition) is 2. The van der Waals surface area contributed by atoms with E-state index in [0.717, 1.165) is 30.7 Å². The van der Waals surface area contributed by atoms with E-state index in [9.17, 15) is 0 Å². The number of ether oxygens (including phenoxy) is 1. The molecule has 0 saturated heterocycles. The molecule has 0 unspecified atom stereocenters. The molecular weight excluding hydrogens is 296 g/mol. The fraction of sp³-hybridized carbons (Fsp3) is 0.476. The van der Waals surface area contributed by atoms with Gasteiger partial charge in [-0.1, -0.05) is 44.0 Å². The topological polar surface area (TPSA) is 27.1 Å². The lowest BCUT2D eigenvalue weighted by Crippen LogP contribution is -2.33. The molecule has 0 bridgehead atoms. The Hall–Kier alpha value is -2.03. The number of fused-ring (bicyclic) bond motifs is 6. The minimum absolute atomic E-state index is 0.101. The summed E-state index contributed by atoms with van der Waals surface area (Å²) >= 11 is 0. The summed E-state index contributed by atoms with van der Waals surface area (Å²) in [6, 6.07) is 8.54. The lowest BCUT2D eigenvalue weighted by Gasteiger charge is -2.34. The van der Waals surface area contributed by atoms with Gasteiger partial charge in [-0.2, -0.15) is 0 Å². The molecule has 0 fully saturated rings. The Morgan fingerprint density at radius 3 is 2.75 bits per heavy atom. The zero-order valence-corrected chi connectivity index (χ0v) is 14.9. The SMILES string of the molecule is CCCCCn1cnc2c3ccccc3c3c(c21)CCC(C)(C)O3. The number of imidazole rings is 1. The van der Waals surface area contributed by atoms with Gasteiger partial charge < -0.3 is 9.30 Å². The van der Waals surface area contributed by atoms with Crippen LogP contribution in [0, 0.1) is 0 Å². The van der Waals surface area contributed by atoms with Crippen molar-refractivity contribution in [2.75, 3.05) is 0 Å². The second-order valence-corrected chi connectivity index (χ2v) is 7.56. The van der Waals surface area contributed by atoms with Crippen molar-refractivity contribution in [3.05, 3.63) is 36.2 Å². The molecule has 0 amide bonds. The van der Waals surface area contributed by atoms with Crippen LogP contribution in [0.4, 0.5) is 0 Å². The van der Waals surface area contributed by atoms with Crippen LogP contribution in [0.2, 0.25) is 0 Å². The Kier molecular flexibility index (Phi) is 3.75. The average molecular weight is 322 g/mol. The van der Waals surface area contributed by atoms with E-state index in [-0.39, 0.29) is 5.60 Å². The molecule has 0 N–H and O–H groups in total. The van der Waals surface area contributed by atoms with E-state index >= 15 is 0 Å². The van der Waals surface area contributed by atoms with Gasteiger partial charge >= 0.3 is 0 Å². The minimum atomic E-state index is -0.101. The summed E-state index contributed by atoms with van der Waals surface area (Å²) in [5.41, 5.74) is 3.66. The molecule has 24 heavy (non-hydrogen) atoms. The molecule has 2 aromatic carbocycles. The highest BCUT2D eigenvalue weighted by molar-refractivity contribution is 6.09. The van der Waals surface area contributed by atoms with Crippen molar-refractivity contribution in [2.45, 2.75) is 65.0 Å². The predicted octanol–water partition coefficient (Wildman–Crippen LogP) is 5.48. The van der Waals surface area contributed by atoms with Crippen molar-refractivity contribution in [1.82, 2.24) is 9.55 Å². The second-order valence-electron chi connectivity index (χ2n) is 7.56. The van der Waals surface area contributed by atoms with Gasteiger partial charge in [0.1, 0.15) is 11.4 Å². The van der Waals surface area contributed by atoms with Gasteiger partial charge in [-0.25, -0.2) is 4.98 Å². The Morgan fingerprint density at radius 2 is 1.96 bits per heavy atom. The monoisotopic (exact) mass is 322 g/mol. The van der Waals surface area contributed by atoms with E-state index < -0.39 is 0 Å². The number of aromatic nitrogens is 2. The quantitative estimate of drug-likeness (QED) is 0.594. The first-order valence-corrected chi connectivity index (χ1v) is 9.18. The van der Waals surface area contributed by atoms with Crippen molar-refractivity contribution in [3.8, 4) is 5.75 Å². The number of hydrogen-bond donors (Lipinski definition) is 0. The van der Waals surface area contributed by atoms with Gasteiger partial charge in [0.25, 0.3) is 0 Å². The Balaban J connectivity index is 1.96. The maximum Gasteiger partial charge on any atom is 0.133 e. The van der Waals surface area contributed by atoms with E-state index in [0.29, 0.717) is 0 Å².